The van der Waals surface area contributed by atoms with Gasteiger partial charge in [0.1, 0.15) is 12.0 Å². The molecule has 0 aromatic heterocycles. The van der Waals surface area contributed by atoms with E-state index in [-0.39, 0.29) is 0 Å². The number of halogens is 6. The SMILES string of the molecule is C=C(/N=C\NN)C(F)(F)C(F)(F)C(F)F. The van der Waals surface area contributed by atoms with Crippen molar-refractivity contribution in [1.29, 1.82) is 0 Å². The van der Waals surface area contributed by atoms with Crippen LogP contribution < -0.4 is 11.3 Å². The molecule has 0 heterocycles. The highest BCUT2D eigenvalue weighted by atomic mass is 19.3. The summed E-state index contributed by atoms with van der Waals surface area (Å²) in [5, 5.41) is 0. The van der Waals surface area contributed by atoms with Crippen molar-refractivity contribution in [2.24, 2.45) is 10.8 Å². The van der Waals surface area contributed by atoms with Gasteiger partial charge in [0.2, 0.25) is 0 Å². The van der Waals surface area contributed by atoms with Gasteiger partial charge in [0.05, 0.1) is 0 Å². The molecule has 0 aliphatic rings. The Morgan fingerprint density at radius 1 is 1.33 bits per heavy atom. The van der Waals surface area contributed by atoms with Crippen LogP contribution in [-0.4, -0.2) is 24.6 Å². The number of allylic oxidation sites excluding steroid dienone is 1. The summed E-state index contributed by atoms with van der Waals surface area (Å²) in [6.07, 6.45) is -4.11. The van der Waals surface area contributed by atoms with Crippen LogP contribution >= 0.6 is 0 Å². The van der Waals surface area contributed by atoms with Gasteiger partial charge in [-0.2, -0.15) is 17.6 Å². The highest BCUT2D eigenvalue weighted by Crippen LogP contribution is 2.43. The van der Waals surface area contributed by atoms with E-state index in [1.54, 1.807) is 5.43 Å². The first kappa shape index (κ1) is 13.8. The zero-order valence-corrected chi connectivity index (χ0v) is 7.15. The summed E-state index contributed by atoms with van der Waals surface area (Å²) >= 11 is 0. The summed E-state index contributed by atoms with van der Waals surface area (Å²) in [5.41, 5.74) is -0.0838. The lowest BCUT2D eigenvalue weighted by molar-refractivity contribution is -0.246. The number of hydrogen-bond donors (Lipinski definition) is 2. The fourth-order valence-electron chi connectivity index (χ4n) is 0.526. The van der Waals surface area contributed by atoms with Crippen molar-refractivity contribution < 1.29 is 26.3 Å². The molecule has 0 aromatic rings. The van der Waals surface area contributed by atoms with E-state index in [1.165, 1.54) is 0 Å². The lowest BCUT2D eigenvalue weighted by Gasteiger charge is -2.25. The normalized spacial score (nSPS) is 13.6. The fraction of sp³-hybridized carbons (Fsp3) is 0.500. The van der Waals surface area contributed by atoms with Crippen LogP contribution in [0.4, 0.5) is 26.3 Å². The monoisotopic (exact) mass is 235 g/mol. The van der Waals surface area contributed by atoms with Gasteiger partial charge in [0, 0.05) is 0 Å². The van der Waals surface area contributed by atoms with Gasteiger partial charge in [-0.25, -0.2) is 19.6 Å². The van der Waals surface area contributed by atoms with Crippen molar-refractivity contribution in [1.82, 2.24) is 5.43 Å². The average molecular weight is 235 g/mol. The zero-order chi connectivity index (χ0) is 12.3. The Labute approximate surface area is 80.6 Å². The van der Waals surface area contributed by atoms with Crippen molar-refractivity contribution in [3.05, 3.63) is 12.3 Å². The van der Waals surface area contributed by atoms with Crippen molar-refractivity contribution >= 4 is 6.34 Å². The van der Waals surface area contributed by atoms with Gasteiger partial charge in [0.25, 0.3) is 0 Å². The van der Waals surface area contributed by atoms with Crippen LogP contribution in [0.1, 0.15) is 0 Å². The minimum Gasteiger partial charge on any atom is -0.315 e. The molecule has 0 saturated carbocycles. The largest absolute Gasteiger partial charge is 0.375 e. The molecule has 0 fully saturated rings. The third kappa shape index (κ3) is 2.61. The smallest absolute Gasteiger partial charge is 0.315 e. The molecule has 0 atom stereocenters. The Balaban J connectivity index is 4.96. The highest BCUT2D eigenvalue weighted by molar-refractivity contribution is 5.55. The van der Waals surface area contributed by atoms with Crippen LogP contribution in [-0.2, 0) is 0 Å². The second-order valence-corrected chi connectivity index (χ2v) is 2.37. The lowest BCUT2D eigenvalue weighted by Crippen LogP contribution is -2.47. The summed E-state index contributed by atoms with van der Waals surface area (Å²) in [4.78, 5) is 2.64. The molecule has 0 amide bonds. The van der Waals surface area contributed by atoms with E-state index in [9.17, 15) is 26.3 Å². The Hall–Kier alpha value is -1.25. The quantitative estimate of drug-likeness (QED) is 0.249. The number of nitrogens with zero attached hydrogens (tertiary/aromatic N) is 1. The van der Waals surface area contributed by atoms with Crippen molar-refractivity contribution in [2.45, 2.75) is 18.3 Å². The summed E-state index contributed by atoms with van der Waals surface area (Å²) in [6.45, 7) is 2.46. The molecule has 0 spiro atoms. The standard InChI is InChI=1S/C6H7F6N3/c1-3(14-2-15-13)5(9,10)6(11,12)4(7)8/h2,4H,1,13H2,(H,14,15). The van der Waals surface area contributed by atoms with Gasteiger partial charge in [-0.1, -0.05) is 6.58 Å². The molecule has 0 aliphatic carbocycles. The van der Waals surface area contributed by atoms with Gasteiger partial charge >= 0.3 is 18.3 Å². The second kappa shape index (κ2) is 4.51. The van der Waals surface area contributed by atoms with E-state index in [0.717, 1.165) is 0 Å². The van der Waals surface area contributed by atoms with Gasteiger partial charge in [-0.15, -0.1) is 0 Å². The summed E-state index contributed by atoms with van der Waals surface area (Å²) in [5.74, 6) is -6.11. The first-order valence-corrected chi connectivity index (χ1v) is 3.39. The molecule has 0 saturated heterocycles. The van der Waals surface area contributed by atoms with Crippen molar-refractivity contribution in [3.63, 3.8) is 0 Å². The molecule has 0 radical (unpaired) electrons. The molecule has 0 aromatic carbocycles. The van der Waals surface area contributed by atoms with Crippen LogP contribution in [0, 0.1) is 0 Å². The molecule has 0 unspecified atom stereocenters. The molecule has 15 heavy (non-hydrogen) atoms. The Morgan fingerprint density at radius 2 is 1.80 bits per heavy atom. The number of hydrogen-bond acceptors (Lipinski definition) is 2. The summed E-state index contributed by atoms with van der Waals surface area (Å²) in [6, 6.07) is 0. The Kier molecular flexibility index (Phi) is 4.14. The predicted octanol–water partition coefficient (Wildman–Crippen LogP) is 1.53. The fourth-order valence-corrected chi connectivity index (χ4v) is 0.526. The molecule has 9 heteroatoms. The number of rotatable bonds is 5. The molecule has 0 bridgehead atoms. The topological polar surface area (TPSA) is 50.4 Å². The van der Waals surface area contributed by atoms with Crippen molar-refractivity contribution in [3.8, 4) is 0 Å². The number of hydrazine groups is 1. The number of nitrogens with one attached hydrogen (secondary N) is 1. The summed E-state index contributed by atoms with van der Waals surface area (Å²) in [7, 11) is 0. The molecular formula is C6H7F6N3. The number of nitrogens with two attached hydrogens (primary N) is 1. The number of alkyl halides is 6. The van der Waals surface area contributed by atoms with Gasteiger partial charge < -0.3 is 5.43 Å². The summed E-state index contributed by atoms with van der Waals surface area (Å²) < 4.78 is 73.2. The maximum absolute atomic E-state index is 12.7. The van der Waals surface area contributed by atoms with Gasteiger partial charge in [0.15, 0.2) is 0 Å². The van der Waals surface area contributed by atoms with E-state index in [2.05, 4.69) is 17.4 Å². The van der Waals surface area contributed by atoms with Crippen LogP contribution in [0.5, 0.6) is 0 Å². The van der Waals surface area contributed by atoms with E-state index < -0.39 is 24.0 Å². The third-order valence-corrected chi connectivity index (χ3v) is 1.35. The molecule has 0 aliphatic heterocycles. The number of aliphatic imine (C=N–C) groups is 1. The van der Waals surface area contributed by atoms with Crippen molar-refractivity contribution in [2.75, 3.05) is 0 Å². The highest BCUT2D eigenvalue weighted by Gasteiger charge is 2.64. The molecule has 3 nitrogen and oxygen atoms in total. The maximum Gasteiger partial charge on any atom is 0.375 e. The Morgan fingerprint density at radius 3 is 2.13 bits per heavy atom. The first-order valence-electron chi connectivity index (χ1n) is 3.39. The van der Waals surface area contributed by atoms with Crippen LogP contribution in [0.2, 0.25) is 0 Å². The second-order valence-electron chi connectivity index (χ2n) is 2.37. The zero-order valence-electron chi connectivity index (χ0n) is 7.15. The molecular weight excluding hydrogens is 228 g/mol. The molecule has 0 rings (SSSR count). The first-order chi connectivity index (χ1) is 6.67. The predicted molar refractivity (Wildman–Crippen MR) is 40.9 cm³/mol. The lowest BCUT2D eigenvalue weighted by atomic mass is 10.1. The third-order valence-electron chi connectivity index (χ3n) is 1.35. The van der Waals surface area contributed by atoms with E-state index >= 15 is 0 Å². The Bertz CT molecular complexity index is 262. The average Bonchev–Trinajstić information content (AvgIpc) is 2.13. The van der Waals surface area contributed by atoms with Crippen LogP contribution in [0.3, 0.4) is 0 Å². The molecule has 88 valence electrons. The van der Waals surface area contributed by atoms with E-state index in [4.69, 9.17) is 0 Å². The van der Waals surface area contributed by atoms with Crippen LogP contribution in [0.15, 0.2) is 17.3 Å². The van der Waals surface area contributed by atoms with E-state index in [1.807, 2.05) is 0 Å². The minimum atomic E-state index is -5.53. The van der Waals surface area contributed by atoms with E-state index in [0.29, 0.717) is 6.34 Å². The van der Waals surface area contributed by atoms with Crippen LogP contribution in [0.25, 0.3) is 0 Å². The van der Waals surface area contributed by atoms with Gasteiger partial charge in [-0.05, 0) is 0 Å². The minimum absolute atomic E-state index is 0.414. The molecule has 3 N–H and O–H groups in total. The van der Waals surface area contributed by atoms with Gasteiger partial charge in [-0.3, -0.25) is 0 Å². The maximum atomic E-state index is 12.7.